The van der Waals surface area contributed by atoms with Crippen LogP contribution in [0.5, 0.6) is 0 Å². The highest BCUT2D eigenvalue weighted by molar-refractivity contribution is 7.15. The molecule has 0 spiro atoms. The summed E-state index contributed by atoms with van der Waals surface area (Å²) in [6.07, 6.45) is 1.73. The summed E-state index contributed by atoms with van der Waals surface area (Å²) < 4.78 is 3.15. The maximum absolute atomic E-state index is 12.0. The van der Waals surface area contributed by atoms with Gasteiger partial charge in [0.2, 0.25) is 0 Å². The van der Waals surface area contributed by atoms with E-state index in [1.54, 1.807) is 24.0 Å². The second-order valence-electron chi connectivity index (χ2n) is 5.20. The number of nitrogens with zero attached hydrogens (tertiary/aromatic N) is 6. The van der Waals surface area contributed by atoms with E-state index in [2.05, 4.69) is 25.8 Å². The molecule has 0 fully saturated rings. The van der Waals surface area contributed by atoms with Crippen molar-refractivity contribution in [2.24, 2.45) is 7.05 Å². The summed E-state index contributed by atoms with van der Waals surface area (Å²) in [5.41, 5.74) is 2.45. The molecule has 3 heterocycles. The Morgan fingerprint density at radius 1 is 1.29 bits per heavy atom. The number of benzene rings is 1. The Bertz CT molecular complexity index is 1060. The van der Waals surface area contributed by atoms with Gasteiger partial charge in [-0.25, -0.2) is 9.67 Å². The third-order valence-corrected chi connectivity index (χ3v) is 4.33. The normalized spacial score (nSPS) is 11.0. The van der Waals surface area contributed by atoms with Crippen molar-refractivity contribution in [1.29, 1.82) is 0 Å². The first-order valence-corrected chi connectivity index (χ1v) is 8.11. The van der Waals surface area contributed by atoms with Crippen molar-refractivity contribution < 1.29 is 0 Å². The van der Waals surface area contributed by atoms with Crippen molar-refractivity contribution in [3.05, 3.63) is 58.0 Å². The fraction of sp³-hybridized carbons (Fsp3) is 0.133. The number of hydrogen-bond acceptors (Lipinski definition) is 7. The van der Waals surface area contributed by atoms with Crippen LogP contribution in [0, 0.1) is 0 Å². The summed E-state index contributed by atoms with van der Waals surface area (Å²) >= 11 is 1.44. The predicted molar refractivity (Wildman–Crippen MR) is 90.9 cm³/mol. The number of tetrazole rings is 1. The number of nitrogens with one attached hydrogen (secondary N) is 1. The Kier molecular flexibility index (Phi) is 3.54. The zero-order chi connectivity index (χ0) is 16.5. The largest absolute Gasteiger partial charge is 0.379 e. The number of hydrogen-bond donors (Lipinski definition) is 1. The summed E-state index contributed by atoms with van der Waals surface area (Å²) in [6.45, 7) is 0.462. The van der Waals surface area contributed by atoms with Gasteiger partial charge in [0.05, 0.1) is 12.2 Å². The topological polar surface area (TPSA) is 90.0 Å². The molecule has 3 aromatic heterocycles. The van der Waals surface area contributed by atoms with E-state index in [1.165, 1.54) is 15.7 Å². The van der Waals surface area contributed by atoms with Crippen LogP contribution < -0.4 is 10.9 Å². The lowest BCUT2D eigenvalue weighted by Crippen LogP contribution is -2.14. The van der Waals surface area contributed by atoms with E-state index in [0.717, 1.165) is 11.3 Å². The molecule has 1 aromatic carbocycles. The van der Waals surface area contributed by atoms with E-state index < -0.39 is 0 Å². The van der Waals surface area contributed by atoms with Crippen molar-refractivity contribution in [3.63, 3.8) is 0 Å². The van der Waals surface area contributed by atoms with Crippen molar-refractivity contribution >= 4 is 22.0 Å². The third kappa shape index (κ3) is 2.65. The molecular formula is C15H13N7OS. The molecule has 0 saturated heterocycles. The Hall–Kier alpha value is -3.07. The molecule has 8 nitrogen and oxygen atoms in total. The number of thiazole rings is 1. The van der Waals surface area contributed by atoms with Gasteiger partial charge in [-0.3, -0.25) is 9.20 Å². The molecule has 0 saturated carbocycles. The highest BCUT2D eigenvalue weighted by Crippen LogP contribution is 2.20. The van der Waals surface area contributed by atoms with E-state index >= 15 is 0 Å². The average Bonchev–Trinajstić information content (AvgIpc) is 3.22. The number of fused-ring (bicyclic) bond motifs is 1. The molecule has 0 aliphatic heterocycles. The van der Waals surface area contributed by atoms with Gasteiger partial charge in [0.15, 0.2) is 10.8 Å². The first-order chi connectivity index (χ1) is 11.7. The van der Waals surface area contributed by atoms with Crippen LogP contribution in [0.3, 0.4) is 0 Å². The van der Waals surface area contributed by atoms with E-state index in [1.807, 2.05) is 29.6 Å². The zero-order valence-corrected chi connectivity index (χ0v) is 13.6. The number of aromatic nitrogens is 6. The fourth-order valence-corrected chi connectivity index (χ4v) is 3.15. The second-order valence-corrected chi connectivity index (χ2v) is 6.07. The van der Waals surface area contributed by atoms with Crippen LogP contribution in [0.1, 0.15) is 5.69 Å². The maximum Gasteiger partial charge on any atom is 0.258 e. The van der Waals surface area contributed by atoms with Gasteiger partial charge in [0, 0.05) is 35.9 Å². The van der Waals surface area contributed by atoms with Crippen molar-refractivity contribution in [1.82, 2.24) is 29.6 Å². The lowest BCUT2D eigenvalue weighted by Gasteiger charge is -2.07. The van der Waals surface area contributed by atoms with E-state index in [4.69, 9.17) is 0 Å². The van der Waals surface area contributed by atoms with Gasteiger partial charge in [0.1, 0.15) is 0 Å². The third-order valence-electron chi connectivity index (χ3n) is 3.57. The lowest BCUT2D eigenvalue weighted by atomic mass is 10.2. The molecule has 120 valence electrons. The first-order valence-electron chi connectivity index (χ1n) is 7.23. The minimum atomic E-state index is -0.0723. The van der Waals surface area contributed by atoms with E-state index in [-0.39, 0.29) is 5.56 Å². The van der Waals surface area contributed by atoms with Crippen LogP contribution in [-0.4, -0.2) is 29.6 Å². The van der Waals surface area contributed by atoms with Crippen molar-refractivity contribution in [2.75, 3.05) is 5.32 Å². The molecule has 0 radical (unpaired) electrons. The lowest BCUT2D eigenvalue weighted by molar-refractivity contribution is 0.714. The van der Waals surface area contributed by atoms with Crippen LogP contribution in [-0.2, 0) is 13.6 Å². The quantitative estimate of drug-likeness (QED) is 0.607. The van der Waals surface area contributed by atoms with Crippen LogP contribution in [0.2, 0.25) is 0 Å². The molecular weight excluding hydrogens is 326 g/mol. The molecule has 1 N–H and O–H groups in total. The number of rotatable bonds is 4. The van der Waals surface area contributed by atoms with Gasteiger partial charge in [-0.2, -0.15) is 0 Å². The summed E-state index contributed by atoms with van der Waals surface area (Å²) in [5, 5.41) is 16.6. The van der Waals surface area contributed by atoms with Gasteiger partial charge in [-0.05, 0) is 22.6 Å². The van der Waals surface area contributed by atoms with Gasteiger partial charge in [-0.1, -0.05) is 12.1 Å². The summed E-state index contributed by atoms with van der Waals surface area (Å²) in [4.78, 5) is 17.2. The molecule has 0 aliphatic carbocycles. The molecule has 0 amide bonds. The Labute approximate surface area is 140 Å². The standard InChI is InChI=1S/C15H13N7OS/c1-21-14(18-19-20-21)10-3-2-4-11(7-10)16-9-12-8-13(23)22-5-6-24-15(22)17-12/h2-8,16H,9H2,1H3. The van der Waals surface area contributed by atoms with Gasteiger partial charge < -0.3 is 5.32 Å². The van der Waals surface area contributed by atoms with Crippen LogP contribution in [0.15, 0.2) is 46.7 Å². The average molecular weight is 339 g/mol. The summed E-state index contributed by atoms with van der Waals surface area (Å²) in [6, 6.07) is 9.32. The molecule has 4 aromatic rings. The molecule has 0 unspecified atom stereocenters. The number of aryl methyl sites for hydroxylation is 1. The molecule has 9 heteroatoms. The molecule has 4 rings (SSSR count). The molecule has 0 aliphatic rings. The van der Waals surface area contributed by atoms with E-state index in [9.17, 15) is 4.79 Å². The molecule has 0 atom stereocenters. The minimum Gasteiger partial charge on any atom is -0.379 e. The van der Waals surface area contributed by atoms with Crippen molar-refractivity contribution in [3.8, 4) is 11.4 Å². The smallest absolute Gasteiger partial charge is 0.258 e. The molecule has 0 bridgehead atoms. The monoisotopic (exact) mass is 339 g/mol. The van der Waals surface area contributed by atoms with Gasteiger partial charge >= 0.3 is 0 Å². The van der Waals surface area contributed by atoms with Crippen LogP contribution in [0.25, 0.3) is 16.3 Å². The van der Waals surface area contributed by atoms with Crippen LogP contribution >= 0.6 is 11.3 Å². The molecule has 24 heavy (non-hydrogen) atoms. The predicted octanol–water partition coefficient (Wildman–Crippen LogP) is 1.56. The van der Waals surface area contributed by atoms with Gasteiger partial charge in [0.25, 0.3) is 5.56 Å². The Morgan fingerprint density at radius 2 is 2.21 bits per heavy atom. The first kappa shape index (κ1) is 14.5. The highest BCUT2D eigenvalue weighted by Gasteiger charge is 2.07. The van der Waals surface area contributed by atoms with Crippen LogP contribution in [0.4, 0.5) is 5.69 Å². The summed E-state index contributed by atoms with van der Waals surface area (Å²) in [7, 11) is 1.79. The second kappa shape index (κ2) is 5.85. The van der Waals surface area contributed by atoms with Crippen molar-refractivity contribution in [2.45, 2.75) is 6.54 Å². The zero-order valence-electron chi connectivity index (χ0n) is 12.7. The highest BCUT2D eigenvalue weighted by atomic mass is 32.1. The van der Waals surface area contributed by atoms with Gasteiger partial charge in [-0.15, -0.1) is 16.4 Å². The Balaban J connectivity index is 1.57. The fourth-order valence-electron chi connectivity index (χ4n) is 2.41. The summed E-state index contributed by atoms with van der Waals surface area (Å²) in [5.74, 6) is 0.690. The minimum absolute atomic E-state index is 0.0723. The van der Waals surface area contributed by atoms with E-state index in [0.29, 0.717) is 23.0 Å². The SMILES string of the molecule is Cn1nnnc1-c1cccc(NCc2cc(=O)n3ccsc3n2)c1. The number of anilines is 1. The Morgan fingerprint density at radius 3 is 3.04 bits per heavy atom. The maximum atomic E-state index is 12.0.